The predicted octanol–water partition coefficient (Wildman–Crippen LogP) is 4.05. The molecule has 0 spiro atoms. The van der Waals surface area contributed by atoms with E-state index >= 15 is 0 Å². The number of benzene rings is 1. The van der Waals surface area contributed by atoms with E-state index in [1.54, 1.807) is 23.5 Å². The average Bonchev–Trinajstić information content (AvgIpc) is 3.17. The topological polar surface area (TPSA) is 64.6 Å². The summed E-state index contributed by atoms with van der Waals surface area (Å²) in [6, 6.07) is 9.43. The predicted molar refractivity (Wildman–Crippen MR) is 95.4 cm³/mol. The van der Waals surface area contributed by atoms with Crippen LogP contribution in [0.25, 0.3) is 6.08 Å². The molecule has 1 N–H and O–H groups in total. The van der Waals surface area contributed by atoms with Crippen LogP contribution in [0.4, 0.5) is 4.79 Å². The fourth-order valence-corrected chi connectivity index (χ4v) is 3.42. The van der Waals surface area contributed by atoms with Gasteiger partial charge >= 0.3 is 0 Å². The standard InChI is InChI=1S/C17H15NO4S2/c1-2-21-14-8-11(9-15-16(19)18-17(20)24-15)5-6-13(14)22-10-12-4-3-7-23-12/h3-9H,2,10H2,1H3,(H,18,19,20)/b15-9-. The Morgan fingerprint density at radius 1 is 1.17 bits per heavy atom. The molecule has 0 saturated carbocycles. The Labute approximate surface area is 147 Å². The largest absolute Gasteiger partial charge is 0.490 e. The quantitative estimate of drug-likeness (QED) is 0.787. The minimum atomic E-state index is -0.374. The number of rotatable bonds is 6. The van der Waals surface area contributed by atoms with Crippen molar-refractivity contribution in [3.63, 3.8) is 0 Å². The van der Waals surface area contributed by atoms with Gasteiger partial charge in [-0.15, -0.1) is 11.3 Å². The third-order valence-electron chi connectivity index (χ3n) is 3.16. The first-order valence-electron chi connectivity index (χ1n) is 7.32. The fourth-order valence-electron chi connectivity index (χ4n) is 2.12. The third-order valence-corrected chi connectivity index (χ3v) is 4.82. The van der Waals surface area contributed by atoms with E-state index in [-0.39, 0.29) is 11.1 Å². The van der Waals surface area contributed by atoms with Crippen LogP contribution in [0.2, 0.25) is 0 Å². The summed E-state index contributed by atoms with van der Waals surface area (Å²) in [7, 11) is 0. The smallest absolute Gasteiger partial charge is 0.290 e. The lowest BCUT2D eigenvalue weighted by atomic mass is 10.2. The van der Waals surface area contributed by atoms with Gasteiger partial charge in [-0.2, -0.15) is 0 Å². The van der Waals surface area contributed by atoms with Gasteiger partial charge in [0, 0.05) is 4.88 Å². The number of thiophene rings is 1. The summed E-state index contributed by atoms with van der Waals surface area (Å²) in [5.74, 6) is 0.881. The van der Waals surface area contributed by atoms with Gasteiger partial charge in [-0.05, 0) is 53.9 Å². The Balaban J connectivity index is 1.80. The first-order valence-corrected chi connectivity index (χ1v) is 9.02. The van der Waals surface area contributed by atoms with E-state index in [1.165, 1.54) is 0 Å². The lowest BCUT2D eigenvalue weighted by Crippen LogP contribution is -2.17. The molecule has 1 aliphatic heterocycles. The molecule has 1 fully saturated rings. The first-order chi connectivity index (χ1) is 11.7. The summed E-state index contributed by atoms with van der Waals surface area (Å²) in [5, 5.41) is 3.88. The van der Waals surface area contributed by atoms with E-state index < -0.39 is 0 Å². The number of carbonyl (C=O) groups excluding carboxylic acids is 2. The molecule has 2 amide bonds. The maximum absolute atomic E-state index is 11.6. The van der Waals surface area contributed by atoms with E-state index in [9.17, 15) is 9.59 Å². The van der Waals surface area contributed by atoms with Gasteiger partial charge in [-0.25, -0.2) is 0 Å². The molecule has 1 aromatic heterocycles. The van der Waals surface area contributed by atoms with Crippen LogP contribution in [0, 0.1) is 0 Å². The van der Waals surface area contributed by atoms with Gasteiger partial charge in [0.1, 0.15) is 6.61 Å². The van der Waals surface area contributed by atoms with Crippen LogP contribution >= 0.6 is 23.1 Å². The van der Waals surface area contributed by atoms with Gasteiger partial charge < -0.3 is 9.47 Å². The van der Waals surface area contributed by atoms with Gasteiger partial charge in [0.05, 0.1) is 11.5 Å². The van der Waals surface area contributed by atoms with Crippen LogP contribution in [0.1, 0.15) is 17.4 Å². The number of nitrogens with one attached hydrogen (secondary N) is 1. The second-order valence-corrected chi connectivity index (χ2v) is 6.91. The maximum Gasteiger partial charge on any atom is 0.290 e. The van der Waals surface area contributed by atoms with Crippen molar-refractivity contribution in [2.45, 2.75) is 13.5 Å². The van der Waals surface area contributed by atoms with Crippen molar-refractivity contribution in [2.75, 3.05) is 6.61 Å². The van der Waals surface area contributed by atoms with Gasteiger partial charge in [-0.1, -0.05) is 12.1 Å². The molecule has 0 radical (unpaired) electrons. The lowest BCUT2D eigenvalue weighted by molar-refractivity contribution is -0.115. The van der Waals surface area contributed by atoms with Gasteiger partial charge in [0.15, 0.2) is 11.5 Å². The highest BCUT2D eigenvalue weighted by Gasteiger charge is 2.25. The number of carbonyl (C=O) groups is 2. The molecule has 24 heavy (non-hydrogen) atoms. The molecule has 0 bridgehead atoms. The number of hydrogen-bond acceptors (Lipinski definition) is 6. The highest BCUT2D eigenvalue weighted by Crippen LogP contribution is 2.32. The molecule has 3 rings (SSSR count). The van der Waals surface area contributed by atoms with Crippen molar-refractivity contribution in [1.82, 2.24) is 5.32 Å². The Bertz CT molecular complexity index is 784. The Morgan fingerprint density at radius 2 is 2.04 bits per heavy atom. The van der Waals surface area contributed by atoms with Crippen molar-refractivity contribution in [2.24, 2.45) is 0 Å². The van der Waals surface area contributed by atoms with Gasteiger partial charge in [-0.3, -0.25) is 14.9 Å². The van der Waals surface area contributed by atoms with Crippen molar-refractivity contribution < 1.29 is 19.1 Å². The lowest BCUT2D eigenvalue weighted by Gasteiger charge is -2.12. The Hall–Kier alpha value is -2.25. The van der Waals surface area contributed by atoms with E-state index in [0.29, 0.717) is 29.6 Å². The fraction of sp³-hybridized carbons (Fsp3) is 0.176. The number of imide groups is 1. The van der Waals surface area contributed by atoms with Crippen LogP contribution in [0.3, 0.4) is 0 Å². The SMILES string of the molecule is CCOc1cc(/C=C2\SC(=O)NC2=O)ccc1OCc1cccs1. The highest BCUT2D eigenvalue weighted by atomic mass is 32.2. The molecule has 0 atom stereocenters. The van der Waals surface area contributed by atoms with Crippen LogP contribution in [-0.2, 0) is 11.4 Å². The third kappa shape index (κ3) is 3.98. The molecule has 2 aromatic rings. The summed E-state index contributed by atoms with van der Waals surface area (Å²) in [5.41, 5.74) is 0.772. The zero-order valence-corrected chi connectivity index (χ0v) is 14.5. The summed E-state index contributed by atoms with van der Waals surface area (Å²) >= 11 is 2.52. The minimum Gasteiger partial charge on any atom is -0.490 e. The van der Waals surface area contributed by atoms with Crippen molar-refractivity contribution in [3.8, 4) is 11.5 Å². The monoisotopic (exact) mass is 361 g/mol. The molecule has 1 aliphatic rings. The van der Waals surface area contributed by atoms with Crippen molar-refractivity contribution >= 4 is 40.3 Å². The second kappa shape index (κ2) is 7.55. The molecule has 1 aromatic carbocycles. The number of thioether (sulfide) groups is 1. The molecule has 7 heteroatoms. The summed E-state index contributed by atoms with van der Waals surface area (Å²) < 4.78 is 11.5. The normalized spacial score (nSPS) is 15.6. The Kier molecular flexibility index (Phi) is 5.22. The molecule has 2 heterocycles. The zero-order valence-electron chi connectivity index (χ0n) is 12.9. The summed E-state index contributed by atoms with van der Waals surface area (Å²) in [6.07, 6.45) is 1.66. The molecule has 0 aliphatic carbocycles. The van der Waals surface area contributed by atoms with Crippen LogP contribution in [0.15, 0.2) is 40.6 Å². The summed E-state index contributed by atoms with van der Waals surface area (Å²) in [4.78, 5) is 24.3. The number of hydrogen-bond donors (Lipinski definition) is 1. The van der Waals surface area contributed by atoms with E-state index in [1.807, 2.05) is 36.6 Å². The van der Waals surface area contributed by atoms with E-state index in [4.69, 9.17) is 9.47 Å². The first kappa shape index (κ1) is 16.6. The summed E-state index contributed by atoms with van der Waals surface area (Å²) in [6.45, 7) is 2.88. The molecular weight excluding hydrogens is 346 g/mol. The minimum absolute atomic E-state index is 0.354. The van der Waals surface area contributed by atoms with Crippen molar-refractivity contribution in [1.29, 1.82) is 0 Å². The molecule has 1 saturated heterocycles. The van der Waals surface area contributed by atoms with Gasteiger partial charge in [0.25, 0.3) is 11.1 Å². The number of ether oxygens (including phenoxy) is 2. The molecule has 124 valence electrons. The molecule has 5 nitrogen and oxygen atoms in total. The van der Waals surface area contributed by atoms with E-state index in [2.05, 4.69) is 5.32 Å². The molecule has 0 unspecified atom stereocenters. The van der Waals surface area contributed by atoms with Crippen LogP contribution in [0.5, 0.6) is 11.5 Å². The van der Waals surface area contributed by atoms with Gasteiger partial charge in [0.2, 0.25) is 0 Å². The van der Waals surface area contributed by atoms with Crippen LogP contribution < -0.4 is 14.8 Å². The van der Waals surface area contributed by atoms with Crippen molar-refractivity contribution in [3.05, 3.63) is 51.1 Å². The highest BCUT2D eigenvalue weighted by molar-refractivity contribution is 8.18. The number of amides is 2. The maximum atomic E-state index is 11.6. The molecular formula is C17H15NO4S2. The second-order valence-electron chi connectivity index (χ2n) is 4.86. The van der Waals surface area contributed by atoms with E-state index in [0.717, 1.165) is 22.2 Å². The van der Waals surface area contributed by atoms with Crippen LogP contribution in [-0.4, -0.2) is 17.8 Å². The average molecular weight is 361 g/mol. The zero-order chi connectivity index (χ0) is 16.9. The Morgan fingerprint density at radius 3 is 2.71 bits per heavy atom.